The summed E-state index contributed by atoms with van der Waals surface area (Å²) < 4.78 is 10.7. The summed E-state index contributed by atoms with van der Waals surface area (Å²) in [6.45, 7) is 7.98. The number of aliphatic hydroxyl groups is 1. The van der Waals surface area contributed by atoms with Crippen LogP contribution in [0.4, 0.5) is 5.69 Å². The monoisotopic (exact) mass is 267 g/mol. The van der Waals surface area contributed by atoms with Crippen molar-refractivity contribution in [3.63, 3.8) is 0 Å². The van der Waals surface area contributed by atoms with Crippen LogP contribution in [0.15, 0.2) is 18.2 Å². The summed E-state index contributed by atoms with van der Waals surface area (Å²) in [4.78, 5) is 0. The number of hydrogen-bond donors (Lipinski definition) is 2. The zero-order valence-electron chi connectivity index (χ0n) is 12.3. The van der Waals surface area contributed by atoms with Gasteiger partial charge < -0.3 is 19.9 Å². The van der Waals surface area contributed by atoms with Crippen molar-refractivity contribution in [1.29, 1.82) is 0 Å². The Bertz CT molecular complexity index is 391. The highest BCUT2D eigenvalue weighted by Crippen LogP contribution is 2.27. The van der Waals surface area contributed by atoms with Gasteiger partial charge in [-0.05, 0) is 24.6 Å². The summed E-state index contributed by atoms with van der Waals surface area (Å²) in [6.07, 6.45) is 0. The van der Waals surface area contributed by atoms with Gasteiger partial charge >= 0.3 is 0 Å². The van der Waals surface area contributed by atoms with E-state index in [0.717, 1.165) is 17.0 Å². The van der Waals surface area contributed by atoms with Gasteiger partial charge in [0.05, 0.1) is 12.3 Å². The highest BCUT2D eigenvalue weighted by molar-refractivity contribution is 5.57. The van der Waals surface area contributed by atoms with Crippen molar-refractivity contribution in [2.24, 2.45) is 5.41 Å². The predicted molar refractivity (Wildman–Crippen MR) is 77.9 cm³/mol. The fourth-order valence-electron chi connectivity index (χ4n) is 1.52. The third-order valence-electron chi connectivity index (χ3n) is 2.87. The van der Waals surface area contributed by atoms with Crippen LogP contribution in [-0.2, 0) is 4.74 Å². The fourth-order valence-corrected chi connectivity index (χ4v) is 1.52. The molecule has 0 bridgehead atoms. The van der Waals surface area contributed by atoms with Crippen molar-refractivity contribution in [3.8, 4) is 5.75 Å². The number of aryl methyl sites for hydroxylation is 1. The number of ether oxygens (including phenoxy) is 2. The standard InChI is InChI=1S/C15H25NO3/c1-12-5-6-13(16-10-15(2,3)11-17)14(9-12)19-8-7-18-4/h5-6,9,16-17H,7-8,10-11H2,1-4H3. The highest BCUT2D eigenvalue weighted by Gasteiger charge is 2.16. The Morgan fingerprint density at radius 3 is 2.63 bits per heavy atom. The summed E-state index contributed by atoms with van der Waals surface area (Å²) in [5.74, 6) is 0.825. The van der Waals surface area contributed by atoms with E-state index in [4.69, 9.17) is 9.47 Å². The van der Waals surface area contributed by atoms with Crippen molar-refractivity contribution in [2.75, 3.05) is 38.8 Å². The molecule has 0 aliphatic rings. The van der Waals surface area contributed by atoms with E-state index >= 15 is 0 Å². The number of anilines is 1. The van der Waals surface area contributed by atoms with Crippen molar-refractivity contribution in [2.45, 2.75) is 20.8 Å². The molecule has 0 radical (unpaired) electrons. The first-order valence-corrected chi connectivity index (χ1v) is 6.55. The summed E-state index contributed by atoms with van der Waals surface area (Å²) in [5, 5.41) is 12.6. The smallest absolute Gasteiger partial charge is 0.142 e. The SMILES string of the molecule is COCCOc1cc(C)ccc1NCC(C)(C)CO. The second kappa shape index (κ2) is 7.36. The van der Waals surface area contributed by atoms with E-state index in [-0.39, 0.29) is 12.0 Å². The lowest BCUT2D eigenvalue weighted by Gasteiger charge is -2.23. The summed E-state index contributed by atoms with van der Waals surface area (Å²) in [5.41, 5.74) is 1.94. The molecule has 0 spiro atoms. The molecule has 2 N–H and O–H groups in total. The molecule has 0 fully saturated rings. The van der Waals surface area contributed by atoms with Crippen LogP contribution >= 0.6 is 0 Å². The third kappa shape index (κ3) is 5.49. The fraction of sp³-hybridized carbons (Fsp3) is 0.600. The predicted octanol–water partition coefficient (Wildman–Crippen LogP) is 2.45. The number of rotatable bonds is 8. The third-order valence-corrected chi connectivity index (χ3v) is 2.87. The van der Waals surface area contributed by atoms with Gasteiger partial charge in [0.25, 0.3) is 0 Å². The van der Waals surface area contributed by atoms with E-state index in [0.29, 0.717) is 19.8 Å². The minimum absolute atomic E-state index is 0.145. The topological polar surface area (TPSA) is 50.7 Å². The van der Waals surface area contributed by atoms with Gasteiger partial charge in [-0.15, -0.1) is 0 Å². The van der Waals surface area contributed by atoms with Gasteiger partial charge in [-0.1, -0.05) is 19.9 Å². The van der Waals surface area contributed by atoms with Crippen LogP contribution in [-0.4, -0.2) is 38.6 Å². The quantitative estimate of drug-likeness (QED) is 0.710. The molecule has 0 unspecified atom stereocenters. The largest absolute Gasteiger partial charge is 0.489 e. The Morgan fingerprint density at radius 2 is 2.00 bits per heavy atom. The Balaban J connectivity index is 2.70. The maximum absolute atomic E-state index is 9.27. The van der Waals surface area contributed by atoms with Crippen LogP contribution < -0.4 is 10.1 Å². The molecule has 0 atom stereocenters. The van der Waals surface area contributed by atoms with E-state index in [1.807, 2.05) is 39.0 Å². The number of methoxy groups -OCH3 is 1. The Hall–Kier alpha value is -1.26. The van der Waals surface area contributed by atoms with Gasteiger partial charge in [-0.2, -0.15) is 0 Å². The van der Waals surface area contributed by atoms with Gasteiger partial charge in [0.15, 0.2) is 0 Å². The number of aliphatic hydroxyl groups excluding tert-OH is 1. The van der Waals surface area contributed by atoms with Crippen molar-refractivity contribution in [3.05, 3.63) is 23.8 Å². The summed E-state index contributed by atoms with van der Waals surface area (Å²) in [7, 11) is 1.66. The van der Waals surface area contributed by atoms with E-state index in [1.54, 1.807) is 7.11 Å². The molecular weight excluding hydrogens is 242 g/mol. The maximum atomic E-state index is 9.27. The van der Waals surface area contributed by atoms with E-state index < -0.39 is 0 Å². The van der Waals surface area contributed by atoms with Gasteiger partial charge in [0.1, 0.15) is 12.4 Å². The molecule has 4 nitrogen and oxygen atoms in total. The lowest BCUT2D eigenvalue weighted by atomic mass is 9.95. The molecule has 4 heteroatoms. The Kier molecular flexibility index (Phi) is 6.12. The van der Waals surface area contributed by atoms with Gasteiger partial charge in [0.2, 0.25) is 0 Å². The first kappa shape index (κ1) is 15.8. The molecule has 1 aromatic carbocycles. The van der Waals surface area contributed by atoms with E-state index in [9.17, 15) is 5.11 Å². The normalized spacial score (nSPS) is 11.4. The van der Waals surface area contributed by atoms with Crippen LogP contribution in [0.25, 0.3) is 0 Å². The zero-order valence-corrected chi connectivity index (χ0v) is 12.3. The van der Waals surface area contributed by atoms with Crippen LogP contribution in [0.3, 0.4) is 0 Å². The van der Waals surface area contributed by atoms with Crippen molar-refractivity contribution >= 4 is 5.69 Å². The van der Waals surface area contributed by atoms with Gasteiger partial charge in [-0.3, -0.25) is 0 Å². The maximum Gasteiger partial charge on any atom is 0.142 e. The molecule has 0 amide bonds. The Labute approximate surface area is 115 Å². The van der Waals surface area contributed by atoms with E-state index in [2.05, 4.69) is 5.32 Å². The molecule has 108 valence electrons. The van der Waals surface area contributed by atoms with E-state index in [1.165, 1.54) is 0 Å². The number of benzene rings is 1. The minimum atomic E-state index is -0.158. The zero-order chi connectivity index (χ0) is 14.3. The molecule has 1 aromatic rings. The van der Waals surface area contributed by atoms with Crippen LogP contribution in [0, 0.1) is 12.3 Å². The Morgan fingerprint density at radius 1 is 1.26 bits per heavy atom. The molecule has 0 aliphatic heterocycles. The first-order chi connectivity index (χ1) is 8.98. The van der Waals surface area contributed by atoms with Crippen LogP contribution in [0.5, 0.6) is 5.75 Å². The molecule has 0 heterocycles. The highest BCUT2D eigenvalue weighted by atomic mass is 16.5. The summed E-state index contributed by atoms with van der Waals surface area (Å²) in [6, 6.07) is 6.05. The van der Waals surface area contributed by atoms with Gasteiger partial charge in [-0.25, -0.2) is 0 Å². The molecule has 0 aromatic heterocycles. The molecule has 19 heavy (non-hydrogen) atoms. The molecule has 1 rings (SSSR count). The second-order valence-electron chi connectivity index (χ2n) is 5.52. The number of hydrogen-bond acceptors (Lipinski definition) is 4. The molecular formula is C15H25NO3. The van der Waals surface area contributed by atoms with Crippen LogP contribution in [0.1, 0.15) is 19.4 Å². The lowest BCUT2D eigenvalue weighted by Crippen LogP contribution is -2.27. The first-order valence-electron chi connectivity index (χ1n) is 6.55. The number of nitrogens with one attached hydrogen (secondary N) is 1. The molecule has 0 saturated heterocycles. The van der Waals surface area contributed by atoms with Crippen LogP contribution in [0.2, 0.25) is 0 Å². The summed E-state index contributed by atoms with van der Waals surface area (Å²) >= 11 is 0. The van der Waals surface area contributed by atoms with Crippen molar-refractivity contribution < 1.29 is 14.6 Å². The minimum Gasteiger partial charge on any atom is -0.489 e. The lowest BCUT2D eigenvalue weighted by molar-refractivity contribution is 0.146. The average Bonchev–Trinajstić information content (AvgIpc) is 2.38. The average molecular weight is 267 g/mol. The van der Waals surface area contributed by atoms with Crippen molar-refractivity contribution in [1.82, 2.24) is 0 Å². The second-order valence-corrected chi connectivity index (χ2v) is 5.52. The van der Waals surface area contributed by atoms with Gasteiger partial charge in [0, 0.05) is 25.7 Å². The molecule has 0 aliphatic carbocycles. The molecule has 0 saturated carbocycles.